The standard InChI is InChI=1S/C23H27N3O2/c1-17-5-3-4-6-20(17)14-26(13-19-7-9-24-10-8-19)23-16-27-15-21(23)12-22-11-18(2)25-28-22/h3-11,21,23H,12-16H2,1-2H3/t21-,23-/m1/s1. The molecular formula is C23H27N3O2. The smallest absolute Gasteiger partial charge is 0.137 e. The second-order valence-corrected chi connectivity index (χ2v) is 7.69. The van der Waals surface area contributed by atoms with Crippen molar-refractivity contribution in [3.05, 3.63) is 83.0 Å². The molecule has 0 N–H and O–H groups in total. The Balaban J connectivity index is 1.56. The second kappa shape index (κ2) is 8.67. The van der Waals surface area contributed by atoms with Gasteiger partial charge in [-0.05, 0) is 42.7 Å². The van der Waals surface area contributed by atoms with Crippen molar-refractivity contribution in [3.63, 3.8) is 0 Å². The van der Waals surface area contributed by atoms with Crippen LogP contribution in [0.25, 0.3) is 0 Å². The molecule has 0 saturated carbocycles. The van der Waals surface area contributed by atoms with Crippen LogP contribution in [0.2, 0.25) is 0 Å². The average molecular weight is 377 g/mol. The van der Waals surface area contributed by atoms with Crippen molar-refractivity contribution in [2.45, 2.75) is 39.4 Å². The van der Waals surface area contributed by atoms with Crippen LogP contribution in [-0.2, 0) is 24.2 Å². The van der Waals surface area contributed by atoms with Crippen molar-refractivity contribution < 1.29 is 9.26 Å². The van der Waals surface area contributed by atoms with Crippen LogP contribution in [0.3, 0.4) is 0 Å². The van der Waals surface area contributed by atoms with Gasteiger partial charge in [0.05, 0.1) is 18.9 Å². The summed E-state index contributed by atoms with van der Waals surface area (Å²) < 4.78 is 11.4. The molecule has 0 aliphatic carbocycles. The van der Waals surface area contributed by atoms with Crippen LogP contribution in [0.5, 0.6) is 0 Å². The van der Waals surface area contributed by atoms with Crippen molar-refractivity contribution in [2.24, 2.45) is 5.92 Å². The Morgan fingerprint density at radius 3 is 2.61 bits per heavy atom. The van der Waals surface area contributed by atoms with Gasteiger partial charge in [0, 0.05) is 49.9 Å². The highest BCUT2D eigenvalue weighted by Gasteiger charge is 2.34. The Hall–Kier alpha value is -2.50. The molecule has 3 aromatic rings. The van der Waals surface area contributed by atoms with Gasteiger partial charge in [-0.15, -0.1) is 0 Å². The molecule has 0 amide bonds. The molecule has 0 radical (unpaired) electrons. The number of hydrogen-bond acceptors (Lipinski definition) is 5. The highest BCUT2D eigenvalue weighted by Crippen LogP contribution is 2.27. The zero-order chi connectivity index (χ0) is 19.3. The monoisotopic (exact) mass is 377 g/mol. The molecule has 1 aromatic carbocycles. The number of pyridine rings is 1. The summed E-state index contributed by atoms with van der Waals surface area (Å²) in [6.07, 6.45) is 4.58. The summed E-state index contributed by atoms with van der Waals surface area (Å²) in [5.74, 6) is 1.33. The number of aryl methyl sites for hydroxylation is 2. The van der Waals surface area contributed by atoms with E-state index in [-0.39, 0.29) is 0 Å². The Kier molecular flexibility index (Phi) is 5.84. The van der Waals surface area contributed by atoms with Crippen molar-refractivity contribution in [1.29, 1.82) is 0 Å². The SMILES string of the molecule is Cc1cc(C[C@@H]2COC[C@H]2N(Cc2ccncc2)Cc2ccccc2C)on1. The van der Waals surface area contributed by atoms with Gasteiger partial charge in [0.2, 0.25) is 0 Å². The molecule has 4 rings (SSSR count). The first kappa shape index (κ1) is 18.8. The van der Waals surface area contributed by atoms with E-state index in [1.54, 1.807) is 0 Å². The molecule has 1 fully saturated rings. The maximum absolute atomic E-state index is 5.92. The average Bonchev–Trinajstić information content (AvgIpc) is 3.33. The number of rotatable bonds is 7. The van der Waals surface area contributed by atoms with E-state index >= 15 is 0 Å². The van der Waals surface area contributed by atoms with Crippen LogP contribution in [0, 0.1) is 19.8 Å². The fraction of sp³-hybridized carbons (Fsp3) is 0.391. The lowest BCUT2D eigenvalue weighted by atomic mass is 9.95. The highest BCUT2D eigenvalue weighted by atomic mass is 16.5. The van der Waals surface area contributed by atoms with E-state index in [4.69, 9.17) is 9.26 Å². The second-order valence-electron chi connectivity index (χ2n) is 7.69. The van der Waals surface area contributed by atoms with Gasteiger partial charge >= 0.3 is 0 Å². The molecule has 28 heavy (non-hydrogen) atoms. The molecule has 146 valence electrons. The number of ether oxygens (including phenoxy) is 1. The maximum atomic E-state index is 5.92. The summed E-state index contributed by atoms with van der Waals surface area (Å²) >= 11 is 0. The van der Waals surface area contributed by atoms with E-state index in [0.717, 1.165) is 44.2 Å². The fourth-order valence-electron chi connectivity index (χ4n) is 3.98. The molecule has 2 aromatic heterocycles. The van der Waals surface area contributed by atoms with E-state index in [9.17, 15) is 0 Å². The maximum Gasteiger partial charge on any atom is 0.137 e. The van der Waals surface area contributed by atoms with Crippen molar-refractivity contribution in [2.75, 3.05) is 13.2 Å². The van der Waals surface area contributed by atoms with Gasteiger partial charge in [0.25, 0.3) is 0 Å². The first-order valence-electron chi connectivity index (χ1n) is 9.86. The molecule has 1 aliphatic rings. The summed E-state index contributed by atoms with van der Waals surface area (Å²) in [6.45, 7) is 7.41. The van der Waals surface area contributed by atoms with Crippen molar-refractivity contribution in [3.8, 4) is 0 Å². The minimum absolute atomic E-state index is 0.332. The van der Waals surface area contributed by atoms with E-state index in [2.05, 4.69) is 58.4 Å². The van der Waals surface area contributed by atoms with Gasteiger partial charge in [0.15, 0.2) is 0 Å². The third kappa shape index (κ3) is 4.49. The van der Waals surface area contributed by atoms with E-state index in [1.807, 2.05) is 25.4 Å². The zero-order valence-corrected chi connectivity index (χ0v) is 16.5. The first-order chi connectivity index (χ1) is 13.7. The van der Waals surface area contributed by atoms with Crippen LogP contribution in [0.15, 0.2) is 59.4 Å². The highest BCUT2D eigenvalue weighted by molar-refractivity contribution is 5.26. The number of aromatic nitrogens is 2. The van der Waals surface area contributed by atoms with Crippen LogP contribution >= 0.6 is 0 Å². The minimum Gasteiger partial charge on any atom is -0.379 e. The molecule has 0 bridgehead atoms. The normalized spacial score (nSPS) is 19.4. The molecule has 1 saturated heterocycles. The zero-order valence-electron chi connectivity index (χ0n) is 16.5. The van der Waals surface area contributed by atoms with Gasteiger partial charge in [-0.3, -0.25) is 9.88 Å². The van der Waals surface area contributed by atoms with Crippen LogP contribution in [0.4, 0.5) is 0 Å². The third-order valence-corrected chi connectivity index (χ3v) is 5.54. The molecule has 3 heterocycles. The molecular weight excluding hydrogens is 350 g/mol. The van der Waals surface area contributed by atoms with Gasteiger partial charge < -0.3 is 9.26 Å². The number of benzene rings is 1. The Morgan fingerprint density at radius 1 is 1.04 bits per heavy atom. The summed E-state index contributed by atoms with van der Waals surface area (Å²) in [5.41, 5.74) is 4.88. The molecule has 5 nitrogen and oxygen atoms in total. The first-order valence-corrected chi connectivity index (χ1v) is 9.86. The lowest BCUT2D eigenvalue weighted by molar-refractivity contribution is 0.127. The fourth-order valence-corrected chi connectivity index (χ4v) is 3.98. The number of hydrogen-bond donors (Lipinski definition) is 0. The van der Waals surface area contributed by atoms with Crippen LogP contribution in [0.1, 0.15) is 28.1 Å². The van der Waals surface area contributed by atoms with Crippen molar-refractivity contribution in [1.82, 2.24) is 15.0 Å². The van der Waals surface area contributed by atoms with E-state index < -0.39 is 0 Å². The lowest BCUT2D eigenvalue weighted by Gasteiger charge is -2.32. The molecule has 5 heteroatoms. The molecule has 2 atom stereocenters. The Labute approximate surface area is 166 Å². The van der Waals surface area contributed by atoms with Gasteiger partial charge in [-0.1, -0.05) is 29.4 Å². The number of nitrogens with zero attached hydrogens (tertiary/aromatic N) is 3. The third-order valence-electron chi connectivity index (χ3n) is 5.54. The molecule has 0 spiro atoms. The lowest BCUT2D eigenvalue weighted by Crippen LogP contribution is -2.40. The summed E-state index contributed by atoms with van der Waals surface area (Å²) in [5, 5.41) is 4.04. The quantitative estimate of drug-likeness (QED) is 0.624. The largest absolute Gasteiger partial charge is 0.379 e. The van der Waals surface area contributed by atoms with Crippen molar-refractivity contribution >= 4 is 0 Å². The summed E-state index contributed by atoms with van der Waals surface area (Å²) in [4.78, 5) is 6.70. The predicted octanol–water partition coefficient (Wildman–Crippen LogP) is 3.95. The van der Waals surface area contributed by atoms with Gasteiger partial charge in [0.1, 0.15) is 5.76 Å². The van der Waals surface area contributed by atoms with E-state index in [1.165, 1.54) is 16.7 Å². The summed E-state index contributed by atoms with van der Waals surface area (Å²) in [6, 6.07) is 15.2. The van der Waals surface area contributed by atoms with Gasteiger partial charge in [-0.25, -0.2) is 0 Å². The predicted molar refractivity (Wildman–Crippen MR) is 108 cm³/mol. The minimum atomic E-state index is 0.332. The van der Waals surface area contributed by atoms with Crippen LogP contribution < -0.4 is 0 Å². The molecule has 1 aliphatic heterocycles. The van der Waals surface area contributed by atoms with Crippen LogP contribution in [-0.4, -0.2) is 34.3 Å². The topological polar surface area (TPSA) is 51.4 Å². The Morgan fingerprint density at radius 2 is 1.86 bits per heavy atom. The van der Waals surface area contributed by atoms with Gasteiger partial charge in [-0.2, -0.15) is 0 Å². The molecule has 0 unspecified atom stereocenters. The summed E-state index contributed by atoms with van der Waals surface area (Å²) in [7, 11) is 0. The Bertz CT molecular complexity index is 894. The van der Waals surface area contributed by atoms with E-state index in [0.29, 0.717) is 12.0 Å².